The van der Waals surface area contributed by atoms with Gasteiger partial charge in [0.2, 0.25) is 5.89 Å². The van der Waals surface area contributed by atoms with Crippen molar-refractivity contribution in [2.45, 2.75) is 40.7 Å². The van der Waals surface area contributed by atoms with Crippen LogP contribution in [-0.4, -0.2) is 28.9 Å². The fraction of sp³-hybridized carbons (Fsp3) is 0.385. The first-order valence-corrected chi connectivity index (χ1v) is 10.9. The van der Waals surface area contributed by atoms with Gasteiger partial charge in [-0.15, -0.1) is 0 Å². The maximum atomic E-state index is 12.9. The second-order valence-electron chi connectivity index (χ2n) is 8.86. The third-order valence-corrected chi connectivity index (χ3v) is 5.82. The van der Waals surface area contributed by atoms with Crippen molar-refractivity contribution >= 4 is 5.91 Å². The van der Waals surface area contributed by atoms with Crippen LogP contribution in [0.5, 0.6) is 5.75 Å². The van der Waals surface area contributed by atoms with Crippen molar-refractivity contribution in [1.29, 1.82) is 0 Å². The van der Waals surface area contributed by atoms with Crippen LogP contribution in [0.1, 0.15) is 47.6 Å². The summed E-state index contributed by atoms with van der Waals surface area (Å²) in [4.78, 5) is 19.5. The zero-order chi connectivity index (χ0) is 22.0. The highest BCUT2D eigenvalue weighted by Gasteiger charge is 2.26. The number of hydrogen-bond donors (Lipinski definition) is 0. The number of nitrogens with zero attached hydrogens (tertiary/aromatic N) is 2. The third-order valence-electron chi connectivity index (χ3n) is 5.82. The largest absolute Gasteiger partial charge is 0.487 e. The van der Waals surface area contributed by atoms with E-state index in [1.54, 1.807) is 0 Å². The third kappa shape index (κ3) is 4.98. The Kier molecular flexibility index (Phi) is 6.12. The van der Waals surface area contributed by atoms with Crippen LogP contribution in [-0.2, 0) is 6.61 Å². The summed E-state index contributed by atoms with van der Waals surface area (Å²) in [6.07, 6.45) is 1.18. The van der Waals surface area contributed by atoms with Crippen LogP contribution in [0.3, 0.4) is 0 Å². The highest BCUT2D eigenvalue weighted by atomic mass is 16.5. The van der Waals surface area contributed by atoms with Crippen molar-refractivity contribution in [3.8, 4) is 17.2 Å². The molecule has 0 aliphatic carbocycles. The molecule has 1 amide bonds. The first-order valence-electron chi connectivity index (χ1n) is 10.9. The lowest BCUT2D eigenvalue weighted by molar-refractivity contribution is 0.0623. The van der Waals surface area contributed by atoms with Gasteiger partial charge >= 0.3 is 0 Å². The number of ether oxygens (including phenoxy) is 1. The lowest BCUT2D eigenvalue weighted by Crippen LogP contribution is -2.42. The van der Waals surface area contributed by atoms with E-state index in [0.29, 0.717) is 29.9 Å². The number of aryl methyl sites for hydroxylation is 2. The van der Waals surface area contributed by atoms with E-state index in [-0.39, 0.29) is 5.91 Å². The van der Waals surface area contributed by atoms with E-state index in [1.807, 2.05) is 67.3 Å². The highest BCUT2D eigenvalue weighted by molar-refractivity contribution is 5.94. The molecule has 0 N–H and O–H groups in total. The molecule has 162 valence electrons. The number of likely N-dealkylation sites (tertiary alicyclic amines) is 1. The summed E-state index contributed by atoms with van der Waals surface area (Å²) in [5, 5.41) is 0. The number of hydrogen-bond acceptors (Lipinski definition) is 4. The van der Waals surface area contributed by atoms with Crippen LogP contribution in [0.25, 0.3) is 11.5 Å². The monoisotopic (exact) mass is 418 g/mol. The van der Waals surface area contributed by atoms with Crippen LogP contribution in [0.4, 0.5) is 0 Å². The summed E-state index contributed by atoms with van der Waals surface area (Å²) in [5.41, 5.74) is 3.52. The Labute approximate surface area is 184 Å². The van der Waals surface area contributed by atoms with Gasteiger partial charge < -0.3 is 14.1 Å². The van der Waals surface area contributed by atoms with Crippen LogP contribution in [0, 0.1) is 25.7 Å². The first-order chi connectivity index (χ1) is 14.9. The summed E-state index contributed by atoms with van der Waals surface area (Å²) in [7, 11) is 0. The molecule has 0 spiro atoms. The lowest BCUT2D eigenvalue weighted by Gasteiger charge is -2.35. The standard InChI is InChI=1S/C26H30N2O3/c1-17-5-11-23(12-6-17)30-16-24-20(4)31-25(27-24)21-7-9-22(10-8-21)26(29)28-14-18(2)13-19(3)15-28/h5-12,18-19H,13-16H2,1-4H3/t18-,19-/m0/s1. The fourth-order valence-corrected chi connectivity index (χ4v) is 4.24. The zero-order valence-electron chi connectivity index (χ0n) is 18.7. The number of carbonyl (C=O) groups is 1. The number of piperidine rings is 1. The number of amides is 1. The van der Waals surface area contributed by atoms with Crippen LogP contribution in [0.15, 0.2) is 52.9 Å². The molecule has 0 bridgehead atoms. The average Bonchev–Trinajstić information content (AvgIpc) is 3.13. The second kappa shape index (κ2) is 8.96. The van der Waals surface area contributed by atoms with Crippen molar-refractivity contribution in [1.82, 2.24) is 9.88 Å². The molecule has 5 nitrogen and oxygen atoms in total. The minimum atomic E-state index is 0.0979. The van der Waals surface area contributed by atoms with Crippen molar-refractivity contribution in [2.75, 3.05) is 13.1 Å². The van der Waals surface area contributed by atoms with Crippen LogP contribution in [0.2, 0.25) is 0 Å². The molecule has 4 rings (SSSR count). The maximum absolute atomic E-state index is 12.9. The summed E-state index contributed by atoms with van der Waals surface area (Å²) in [5.74, 6) is 3.27. The van der Waals surface area contributed by atoms with E-state index in [1.165, 1.54) is 12.0 Å². The van der Waals surface area contributed by atoms with Gasteiger partial charge in [0.15, 0.2) is 0 Å². The van der Waals surface area contributed by atoms with Gasteiger partial charge in [-0.25, -0.2) is 4.98 Å². The van der Waals surface area contributed by atoms with Crippen LogP contribution < -0.4 is 4.74 Å². The number of oxazole rings is 1. The van der Waals surface area contributed by atoms with Gasteiger partial charge in [-0.2, -0.15) is 0 Å². The minimum absolute atomic E-state index is 0.0979. The first kappa shape index (κ1) is 21.2. The molecular weight excluding hydrogens is 388 g/mol. The molecular formula is C26H30N2O3. The lowest BCUT2D eigenvalue weighted by atomic mass is 9.91. The number of aromatic nitrogens is 1. The Hall–Kier alpha value is -3.08. The van der Waals surface area contributed by atoms with Gasteiger partial charge in [-0.1, -0.05) is 31.5 Å². The number of rotatable bonds is 5. The molecule has 1 saturated heterocycles. The summed E-state index contributed by atoms with van der Waals surface area (Å²) >= 11 is 0. The van der Waals surface area contributed by atoms with E-state index >= 15 is 0 Å². The van der Waals surface area contributed by atoms with Gasteiger partial charge in [0.1, 0.15) is 23.8 Å². The average molecular weight is 419 g/mol. The highest BCUT2D eigenvalue weighted by Crippen LogP contribution is 2.26. The van der Waals surface area contributed by atoms with E-state index < -0.39 is 0 Å². The molecule has 0 saturated carbocycles. The molecule has 1 aliphatic rings. The molecule has 1 aromatic heterocycles. The SMILES string of the molecule is Cc1ccc(OCc2nc(-c3ccc(C(=O)N4C[C@@H](C)C[C@H](C)C4)cc3)oc2C)cc1. The number of carbonyl (C=O) groups excluding carboxylic acids is 1. The van der Waals surface area contributed by atoms with Gasteiger partial charge in [0, 0.05) is 24.2 Å². The predicted octanol–water partition coefficient (Wildman–Crippen LogP) is 5.66. The fourth-order valence-electron chi connectivity index (χ4n) is 4.24. The van der Waals surface area contributed by atoms with E-state index in [4.69, 9.17) is 9.15 Å². The quantitative estimate of drug-likeness (QED) is 0.537. The molecule has 2 heterocycles. The Morgan fingerprint density at radius 2 is 1.68 bits per heavy atom. The van der Waals surface area contributed by atoms with Gasteiger partial charge in [-0.3, -0.25) is 4.79 Å². The molecule has 0 radical (unpaired) electrons. The summed E-state index contributed by atoms with van der Waals surface area (Å²) < 4.78 is 11.7. The molecule has 1 fully saturated rings. The van der Waals surface area contributed by atoms with Crippen molar-refractivity contribution in [2.24, 2.45) is 11.8 Å². The van der Waals surface area contributed by atoms with Crippen molar-refractivity contribution in [3.05, 3.63) is 71.1 Å². The Morgan fingerprint density at radius 3 is 2.32 bits per heavy atom. The van der Waals surface area contributed by atoms with Crippen molar-refractivity contribution < 1.29 is 13.9 Å². The predicted molar refractivity (Wildman–Crippen MR) is 121 cm³/mol. The van der Waals surface area contributed by atoms with Gasteiger partial charge in [0.25, 0.3) is 5.91 Å². The Morgan fingerprint density at radius 1 is 1.03 bits per heavy atom. The van der Waals surface area contributed by atoms with E-state index in [0.717, 1.165) is 35.9 Å². The smallest absolute Gasteiger partial charge is 0.253 e. The Balaban J connectivity index is 1.43. The minimum Gasteiger partial charge on any atom is -0.487 e. The topological polar surface area (TPSA) is 55.6 Å². The zero-order valence-corrected chi connectivity index (χ0v) is 18.7. The molecule has 2 atom stereocenters. The second-order valence-corrected chi connectivity index (χ2v) is 8.86. The van der Waals surface area contributed by atoms with E-state index in [2.05, 4.69) is 18.8 Å². The molecule has 5 heteroatoms. The molecule has 3 aromatic rings. The normalized spacial score (nSPS) is 18.8. The summed E-state index contributed by atoms with van der Waals surface area (Å²) in [6, 6.07) is 15.5. The van der Waals surface area contributed by atoms with Crippen LogP contribution >= 0.6 is 0 Å². The summed E-state index contributed by atoms with van der Waals surface area (Å²) in [6.45, 7) is 10.4. The van der Waals surface area contributed by atoms with Gasteiger partial charge in [0.05, 0.1) is 0 Å². The molecule has 31 heavy (non-hydrogen) atoms. The van der Waals surface area contributed by atoms with Gasteiger partial charge in [-0.05, 0) is 68.5 Å². The molecule has 0 unspecified atom stereocenters. The Bertz CT molecular complexity index is 1030. The molecule has 1 aliphatic heterocycles. The van der Waals surface area contributed by atoms with E-state index in [9.17, 15) is 4.79 Å². The number of benzene rings is 2. The molecule has 2 aromatic carbocycles. The maximum Gasteiger partial charge on any atom is 0.253 e. The van der Waals surface area contributed by atoms with Crippen molar-refractivity contribution in [3.63, 3.8) is 0 Å².